The van der Waals surface area contributed by atoms with Crippen LogP contribution in [-0.2, 0) is 20.7 Å². The first-order valence-electron chi connectivity index (χ1n) is 16.9. The average Bonchev–Trinajstić information content (AvgIpc) is 3.35. The summed E-state index contributed by atoms with van der Waals surface area (Å²) in [6.45, 7) is 10.0. The third kappa shape index (κ3) is 3.52. The standard InChI is InChI=1S/C39H48O5/c1-24-17-27(43-21-24)19-28(34(41)42-5)29-12-16-39-22-38(29,39)15-13-31-35(2)14-11-26-18-30(25-9-7-6-8-10-25)44-23-36(26,3)32(35)20-33(40)37(31,39)4/h6-11,13,15,17,21,28-33,40H,12,14,16,18-20,22-23H2,1-5H3/t28-,29+,30+,31-,32-,33-,35-,36+,37+,38-,39-/m1/s1. The molecule has 0 amide bonds. The summed E-state index contributed by atoms with van der Waals surface area (Å²) in [4.78, 5) is 13.3. The van der Waals surface area contributed by atoms with Crippen LogP contribution >= 0.6 is 0 Å². The molecule has 1 aliphatic heterocycles. The number of carbonyl (C=O) groups is 1. The smallest absolute Gasteiger partial charge is 0.309 e. The molecule has 11 atom stereocenters. The van der Waals surface area contributed by atoms with Gasteiger partial charge in [0.05, 0.1) is 38.1 Å². The molecule has 5 aliphatic carbocycles. The molecule has 0 unspecified atom stereocenters. The molecular weight excluding hydrogens is 548 g/mol. The molecule has 0 spiro atoms. The molecule has 5 nitrogen and oxygen atoms in total. The van der Waals surface area contributed by atoms with Crippen LogP contribution < -0.4 is 0 Å². The number of aliphatic hydroxyl groups excluding tert-OH is 1. The van der Waals surface area contributed by atoms with Crippen LogP contribution in [0.15, 0.2) is 70.9 Å². The molecule has 0 bridgehead atoms. The van der Waals surface area contributed by atoms with Gasteiger partial charge in [0.25, 0.3) is 0 Å². The van der Waals surface area contributed by atoms with E-state index in [1.54, 1.807) is 6.26 Å². The first kappa shape index (κ1) is 28.8. The van der Waals surface area contributed by atoms with E-state index in [-0.39, 0.29) is 56.9 Å². The third-order valence-corrected chi connectivity index (χ3v) is 14.5. The number of hydrogen-bond acceptors (Lipinski definition) is 5. The zero-order chi connectivity index (χ0) is 30.7. The molecule has 1 aromatic heterocycles. The van der Waals surface area contributed by atoms with Gasteiger partial charge in [0.1, 0.15) is 5.76 Å². The van der Waals surface area contributed by atoms with Crippen molar-refractivity contribution in [1.29, 1.82) is 0 Å². The number of esters is 1. The number of hydrogen-bond donors (Lipinski definition) is 1. The summed E-state index contributed by atoms with van der Waals surface area (Å²) in [7, 11) is 1.51. The van der Waals surface area contributed by atoms with Crippen molar-refractivity contribution in [2.75, 3.05) is 13.7 Å². The largest absolute Gasteiger partial charge is 0.469 e. The van der Waals surface area contributed by atoms with E-state index in [0.29, 0.717) is 18.9 Å². The molecule has 8 rings (SSSR count). The van der Waals surface area contributed by atoms with Crippen LogP contribution in [0, 0.1) is 57.7 Å². The van der Waals surface area contributed by atoms with Crippen molar-refractivity contribution in [3.05, 3.63) is 83.3 Å². The van der Waals surface area contributed by atoms with Gasteiger partial charge in [0.15, 0.2) is 0 Å². The number of rotatable bonds is 5. The van der Waals surface area contributed by atoms with Crippen molar-refractivity contribution in [1.82, 2.24) is 0 Å². The summed E-state index contributed by atoms with van der Waals surface area (Å²) in [6, 6.07) is 12.7. The van der Waals surface area contributed by atoms with Crippen LogP contribution in [0.2, 0.25) is 0 Å². The molecule has 234 valence electrons. The Kier molecular flexibility index (Phi) is 6.19. The maximum absolute atomic E-state index is 13.3. The van der Waals surface area contributed by atoms with Gasteiger partial charge in [-0.15, -0.1) is 0 Å². The highest BCUT2D eigenvalue weighted by Gasteiger charge is 2.84. The van der Waals surface area contributed by atoms with Gasteiger partial charge in [-0.2, -0.15) is 0 Å². The topological polar surface area (TPSA) is 68.9 Å². The molecule has 1 saturated heterocycles. The number of allylic oxidation sites excluding steroid dienone is 3. The first-order valence-corrected chi connectivity index (χ1v) is 16.9. The zero-order valence-electron chi connectivity index (χ0n) is 27.0. The van der Waals surface area contributed by atoms with Crippen LogP contribution in [0.4, 0.5) is 0 Å². The maximum atomic E-state index is 13.3. The van der Waals surface area contributed by atoms with E-state index >= 15 is 0 Å². The summed E-state index contributed by atoms with van der Waals surface area (Å²) in [5.74, 6) is 1.26. The molecule has 2 aromatic rings. The monoisotopic (exact) mass is 596 g/mol. The van der Waals surface area contributed by atoms with Crippen molar-refractivity contribution in [2.24, 2.45) is 50.7 Å². The van der Waals surface area contributed by atoms with E-state index in [0.717, 1.165) is 49.8 Å². The summed E-state index contributed by atoms with van der Waals surface area (Å²) in [5.41, 5.74) is 3.49. The Bertz CT molecular complexity index is 1540. The Morgan fingerprint density at radius 3 is 2.70 bits per heavy atom. The highest BCUT2D eigenvalue weighted by atomic mass is 16.5. The quantitative estimate of drug-likeness (QED) is 0.282. The van der Waals surface area contributed by atoms with Gasteiger partial charge in [0.2, 0.25) is 0 Å². The van der Waals surface area contributed by atoms with E-state index in [4.69, 9.17) is 13.9 Å². The number of methoxy groups -OCH3 is 1. The molecule has 1 N–H and O–H groups in total. The highest BCUT2D eigenvalue weighted by molar-refractivity contribution is 5.73. The molecule has 1 aromatic carbocycles. The SMILES string of the molecule is COC(=O)[C@H](Cc1cc(C)co1)[C@@H]1CC[C@]23C[C@]12C=C[C@@H]1[C@@]2(C)CC=C4C[C@@H](c5ccccc5)OC[C@]4(C)[C@@H]2C[C@@H](O)[C@]13C. The number of ether oxygens (including phenoxy) is 2. The minimum absolute atomic E-state index is 0.00913. The van der Waals surface area contributed by atoms with Gasteiger partial charge >= 0.3 is 5.97 Å². The predicted octanol–water partition coefficient (Wildman–Crippen LogP) is 7.78. The second kappa shape index (κ2) is 9.45. The average molecular weight is 597 g/mol. The lowest BCUT2D eigenvalue weighted by Crippen LogP contribution is -2.64. The Morgan fingerprint density at radius 2 is 1.98 bits per heavy atom. The molecule has 6 aliphatic rings. The fourth-order valence-electron chi connectivity index (χ4n) is 12.3. The predicted molar refractivity (Wildman–Crippen MR) is 168 cm³/mol. The lowest BCUT2D eigenvalue weighted by molar-refractivity contribution is -0.199. The Labute approximate surface area is 262 Å². The molecule has 4 fully saturated rings. The lowest BCUT2D eigenvalue weighted by Gasteiger charge is -2.67. The Morgan fingerprint density at radius 1 is 1.18 bits per heavy atom. The maximum Gasteiger partial charge on any atom is 0.309 e. The van der Waals surface area contributed by atoms with Crippen molar-refractivity contribution in [3.8, 4) is 0 Å². The second-order valence-corrected chi connectivity index (χ2v) is 16.1. The summed E-state index contributed by atoms with van der Waals surface area (Å²) >= 11 is 0. The number of aliphatic hydroxyl groups is 1. The van der Waals surface area contributed by atoms with E-state index in [2.05, 4.69) is 69.3 Å². The first-order chi connectivity index (χ1) is 21.0. The van der Waals surface area contributed by atoms with Crippen molar-refractivity contribution >= 4 is 5.97 Å². The van der Waals surface area contributed by atoms with E-state index in [1.807, 2.05) is 13.0 Å². The minimum Gasteiger partial charge on any atom is -0.469 e. The van der Waals surface area contributed by atoms with Crippen LogP contribution in [0.25, 0.3) is 0 Å². The Balaban J connectivity index is 1.13. The van der Waals surface area contributed by atoms with Gasteiger partial charge in [-0.25, -0.2) is 0 Å². The van der Waals surface area contributed by atoms with Crippen LogP contribution in [0.5, 0.6) is 0 Å². The molecule has 44 heavy (non-hydrogen) atoms. The lowest BCUT2D eigenvalue weighted by atomic mass is 9.38. The fraction of sp³-hybridized carbons (Fsp3) is 0.615. The van der Waals surface area contributed by atoms with E-state index in [1.165, 1.54) is 18.2 Å². The minimum atomic E-state index is -0.400. The molecule has 0 radical (unpaired) electrons. The summed E-state index contributed by atoms with van der Waals surface area (Å²) in [6.07, 6.45) is 15.5. The van der Waals surface area contributed by atoms with Gasteiger partial charge < -0.3 is 19.0 Å². The highest BCUT2D eigenvalue weighted by Crippen LogP contribution is 2.89. The number of aryl methyl sites for hydroxylation is 1. The van der Waals surface area contributed by atoms with Crippen LogP contribution in [0.3, 0.4) is 0 Å². The fourth-order valence-corrected chi connectivity index (χ4v) is 12.3. The number of benzene rings is 1. The van der Waals surface area contributed by atoms with Crippen molar-refractivity contribution < 1.29 is 23.8 Å². The van der Waals surface area contributed by atoms with Gasteiger partial charge in [-0.3, -0.25) is 4.79 Å². The Hall–Kier alpha value is -2.63. The molecule has 2 heterocycles. The molecular formula is C39H48O5. The third-order valence-electron chi connectivity index (χ3n) is 14.5. The number of carbonyl (C=O) groups excluding carboxylic acids is 1. The van der Waals surface area contributed by atoms with E-state index in [9.17, 15) is 9.90 Å². The summed E-state index contributed by atoms with van der Waals surface area (Å²) < 4.78 is 17.9. The summed E-state index contributed by atoms with van der Waals surface area (Å²) in [5, 5.41) is 12.4. The second-order valence-electron chi connectivity index (χ2n) is 16.1. The van der Waals surface area contributed by atoms with Crippen molar-refractivity contribution in [2.45, 2.75) is 84.8 Å². The van der Waals surface area contributed by atoms with Crippen LogP contribution in [0.1, 0.15) is 82.3 Å². The zero-order valence-corrected chi connectivity index (χ0v) is 27.0. The van der Waals surface area contributed by atoms with Gasteiger partial charge in [-0.05, 0) is 96.6 Å². The molecule has 5 heteroatoms. The number of furan rings is 1. The van der Waals surface area contributed by atoms with Gasteiger partial charge in [-0.1, -0.05) is 74.9 Å². The van der Waals surface area contributed by atoms with Crippen molar-refractivity contribution in [3.63, 3.8) is 0 Å². The van der Waals surface area contributed by atoms with Gasteiger partial charge in [0, 0.05) is 17.3 Å². The van der Waals surface area contributed by atoms with Crippen LogP contribution in [-0.4, -0.2) is 30.9 Å². The van der Waals surface area contributed by atoms with E-state index < -0.39 is 6.10 Å². The number of fused-ring (bicyclic) bond motifs is 5. The normalized spacial score (nSPS) is 45.6. The molecule has 3 saturated carbocycles.